The molecule has 1 aliphatic carbocycles. The first kappa shape index (κ1) is 18.0. The third kappa shape index (κ3) is 3.21. The zero-order chi connectivity index (χ0) is 18.2. The first-order valence-electron chi connectivity index (χ1n) is 9.59. The van der Waals surface area contributed by atoms with Gasteiger partial charge < -0.3 is 9.84 Å². The van der Waals surface area contributed by atoms with E-state index in [4.69, 9.17) is 4.74 Å². The molecule has 0 fully saturated rings. The van der Waals surface area contributed by atoms with Crippen molar-refractivity contribution in [3.05, 3.63) is 34.4 Å². The van der Waals surface area contributed by atoms with Crippen LogP contribution in [0.1, 0.15) is 87.2 Å². The van der Waals surface area contributed by atoms with Crippen molar-refractivity contribution in [2.24, 2.45) is 5.92 Å². The van der Waals surface area contributed by atoms with Crippen LogP contribution in [0.4, 0.5) is 0 Å². The summed E-state index contributed by atoms with van der Waals surface area (Å²) in [6.07, 6.45) is 9.26. The van der Waals surface area contributed by atoms with E-state index in [0.717, 1.165) is 61.7 Å². The van der Waals surface area contributed by atoms with Crippen LogP contribution in [-0.4, -0.2) is 17.0 Å². The summed E-state index contributed by atoms with van der Waals surface area (Å²) in [4.78, 5) is 11.7. The van der Waals surface area contributed by atoms with E-state index in [-0.39, 0.29) is 17.3 Å². The Kier molecular flexibility index (Phi) is 4.95. The minimum Gasteiger partial charge on any atom is -0.507 e. The van der Waals surface area contributed by atoms with E-state index in [1.165, 1.54) is 5.57 Å². The Hall–Kier alpha value is -1.77. The molecule has 0 aromatic heterocycles. The number of benzene rings is 1. The number of phenols is 1. The third-order valence-electron chi connectivity index (χ3n) is 5.94. The van der Waals surface area contributed by atoms with E-state index in [1.807, 2.05) is 6.07 Å². The quantitative estimate of drug-likeness (QED) is 0.433. The minimum absolute atomic E-state index is 0.121. The third-order valence-corrected chi connectivity index (χ3v) is 5.94. The predicted molar refractivity (Wildman–Crippen MR) is 101 cm³/mol. The van der Waals surface area contributed by atoms with Crippen LogP contribution in [0.3, 0.4) is 0 Å². The van der Waals surface area contributed by atoms with Gasteiger partial charge >= 0.3 is 0 Å². The van der Waals surface area contributed by atoms with Crippen molar-refractivity contribution in [2.45, 2.75) is 77.7 Å². The molecule has 25 heavy (non-hydrogen) atoms. The molecule has 3 nitrogen and oxygen atoms in total. The van der Waals surface area contributed by atoms with Gasteiger partial charge in [0.25, 0.3) is 0 Å². The zero-order valence-electron chi connectivity index (χ0n) is 15.9. The Morgan fingerprint density at radius 1 is 1.36 bits per heavy atom. The van der Waals surface area contributed by atoms with Gasteiger partial charge in [-0.05, 0) is 58.1 Å². The normalized spacial score (nSPS) is 23.9. The number of carbonyl (C=O) groups is 1. The largest absolute Gasteiger partial charge is 0.507 e. The van der Waals surface area contributed by atoms with Crippen LogP contribution in [0, 0.1) is 5.92 Å². The number of unbranched alkanes of at least 4 members (excludes halogenated alkanes) is 2. The highest BCUT2D eigenvalue weighted by molar-refractivity contribution is 5.84. The number of allylic oxidation sites excluding steroid dienone is 2. The number of aryl methyl sites for hydroxylation is 1. The second-order valence-corrected chi connectivity index (χ2v) is 8.17. The lowest BCUT2D eigenvalue weighted by molar-refractivity contribution is 0.0107. The number of hydrogen-bond donors (Lipinski definition) is 1. The maximum atomic E-state index is 11.7. The molecule has 3 rings (SSSR count). The van der Waals surface area contributed by atoms with Crippen molar-refractivity contribution in [1.29, 1.82) is 0 Å². The Labute approximate surface area is 151 Å². The zero-order valence-corrected chi connectivity index (χ0v) is 15.9. The molecule has 136 valence electrons. The van der Waals surface area contributed by atoms with Gasteiger partial charge in [-0.1, -0.05) is 31.4 Å². The summed E-state index contributed by atoms with van der Waals surface area (Å²) in [5.41, 5.74) is 3.25. The van der Waals surface area contributed by atoms with E-state index in [0.29, 0.717) is 11.5 Å². The van der Waals surface area contributed by atoms with Crippen molar-refractivity contribution in [2.75, 3.05) is 0 Å². The number of phenolic OH excluding ortho intramolecular Hbond substituents is 1. The van der Waals surface area contributed by atoms with Gasteiger partial charge in [0.15, 0.2) is 6.29 Å². The van der Waals surface area contributed by atoms with E-state index in [1.54, 1.807) is 0 Å². The minimum atomic E-state index is -0.273. The van der Waals surface area contributed by atoms with Crippen LogP contribution in [-0.2, 0) is 6.42 Å². The first-order chi connectivity index (χ1) is 11.9. The summed E-state index contributed by atoms with van der Waals surface area (Å²) in [6, 6.07) is 2.00. The van der Waals surface area contributed by atoms with Crippen molar-refractivity contribution in [3.8, 4) is 11.5 Å². The molecular weight excluding hydrogens is 312 g/mol. The van der Waals surface area contributed by atoms with Crippen LogP contribution >= 0.6 is 0 Å². The predicted octanol–water partition coefficient (Wildman–Crippen LogP) is 5.55. The molecule has 2 atom stereocenters. The average Bonchev–Trinajstić information content (AvgIpc) is 2.54. The maximum Gasteiger partial charge on any atom is 0.154 e. The monoisotopic (exact) mass is 342 g/mol. The van der Waals surface area contributed by atoms with Crippen LogP contribution in [0.25, 0.3) is 0 Å². The number of aldehydes is 1. The Bertz CT molecular complexity index is 700. The van der Waals surface area contributed by atoms with Crippen molar-refractivity contribution >= 4 is 6.29 Å². The highest BCUT2D eigenvalue weighted by Crippen LogP contribution is 2.54. The van der Waals surface area contributed by atoms with Crippen molar-refractivity contribution in [1.82, 2.24) is 0 Å². The highest BCUT2D eigenvalue weighted by atomic mass is 16.5. The van der Waals surface area contributed by atoms with Gasteiger partial charge in [-0.3, -0.25) is 4.79 Å². The molecule has 0 bridgehead atoms. The average molecular weight is 342 g/mol. The van der Waals surface area contributed by atoms with Crippen LogP contribution in [0.5, 0.6) is 11.5 Å². The molecule has 3 heteroatoms. The van der Waals surface area contributed by atoms with Gasteiger partial charge in [-0.2, -0.15) is 0 Å². The number of aromatic hydroxyl groups is 1. The highest BCUT2D eigenvalue weighted by Gasteiger charge is 2.45. The second-order valence-electron chi connectivity index (χ2n) is 8.17. The lowest BCUT2D eigenvalue weighted by Crippen LogP contribution is -2.45. The summed E-state index contributed by atoms with van der Waals surface area (Å²) >= 11 is 0. The smallest absolute Gasteiger partial charge is 0.154 e. The van der Waals surface area contributed by atoms with E-state index >= 15 is 0 Å². The summed E-state index contributed by atoms with van der Waals surface area (Å²) in [6.45, 7) is 8.59. The molecule has 2 aliphatic rings. The molecule has 1 aromatic carbocycles. The molecule has 1 heterocycles. The van der Waals surface area contributed by atoms with Gasteiger partial charge in [0.2, 0.25) is 0 Å². The van der Waals surface area contributed by atoms with E-state index in [2.05, 4.69) is 33.8 Å². The van der Waals surface area contributed by atoms with E-state index < -0.39 is 0 Å². The summed E-state index contributed by atoms with van der Waals surface area (Å²) in [5, 5.41) is 10.9. The van der Waals surface area contributed by atoms with Crippen molar-refractivity contribution < 1.29 is 14.6 Å². The SMILES string of the molecule is CCCCCc1cc2c(c(O)c1C=O)[C@@H]1C=C(C)CC[C@H]1C(C)(C)O2. The molecule has 0 unspecified atom stereocenters. The standard InChI is InChI=1S/C22H30O3/c1-5-6-7-8-15-12-19-20(21(24)17(15)13-23)16-11-14(2)9-10-18(16)22(3,4)25-19/h11-13,16,18,24H,5-10H2,1-4H3/t16-,18-/m1/s1. The summed E-state index contributed by atoms with van der Waals surface area (Å²) in [5.74, 6) is 1.33. The maximum absolute atomic E-state index is 11.7. The molecule has 1 N–H and O–H groups in total. The molecule has 0 saturated carbocycles. The fourth-order valence-corrected chi connectivity index (χ4v) is 4.53. The van der Waals surface area contributed by atoms with Gasteiger partial charge in [-0.25, -0.2) is 0 Å². The van der Waals surface area contributed by atoms with Crippen LogP contribution in [0.15, 0.2) is 17.7 Å². The number of fused-ring (bicyclic) bond motifs is 3. The van der Waals surface area contributed by atoms with Gasteiger partial charge in [-0.15, -0.1) is 0 Å². The number of carbonyl (C=O) groups excluding carboxylic acids is 1. The van der Waals surface area contributed by atoms with Crippen molar-refractivity contribution in [3.63, 3.8) is 0 Å². The lowest BCUT2D eigenvalue weighted by Gasteiger charge is -2.46. The molecular formula is C22H30O3. The fraction of sp³-hybridized carbons (Fsp3) is 0.591. The number of hydrogen-bond acceptors (Lipinski definition) is 3. The second kappa shape index (κ2) is 6.86. The van der Waals surface area contributed by atoms with Crippen LogP contribution in [0.2, 0.25) is 0 Å². The molecule has 0 amide bonds. The van der Waals surface area contributed by atoms with Gasteiger partial charge in [0.05, 0.1) is 5.56 Å². The summed E-state index contributed by atoms with van der Waals surface area (Å²) in [7, 11) is 0. The molecule has 0 radical (unpaired) electrons. The Morgan fingerprint density at radius 3 is 2.80 bits per heavy atom. The Morgan fingerprint density at radius 2 is 2.12 bits per heavy atom. The lowest BCUT2D eigenvalue weighted by atomic mass is 9.67. The first-order valence-corrected chi connectivity index (χ1v) is 9.59. The number of ether oxygens (including phenoxy) is 1. The molecule has 0 saturated heterocycles. The van der Waals surface area contributed by atoms with Gasteiger partial charge in [0.1, 0.15) is 17.1 Å². The molecule has 0 spiro atoms. The topological polar surface area (TPSA) is 46.5 Å². The van der Waals surface area contributed by atoms with Gasteiger partial charge in [0, 0.05) is 17.4 Å². The van der Waals surface area contributed by atoms with Crippen LogP contribution < -0.4 is 4.74 Å². The Balaban J connectivity index is 2.11. The molecule has 1 aromatic rings. The molecule has 1 aliphatic heterocycles. The summed E-state index contributed by atoms with van der Waals surface area (Å²) < 4.78 is 6.35. The van der Waals surface area contributed by atoms with E-state index in [9.17, 15) is 9.90 Å². The fourth-order valence-electron chi connectivity index (χ4n) is 4.53. The number of rotatable bonds is 5.